The van der Waals surface area contributed by atoms with Gasteiger partial charge in [-0.25, -0.2) is 18.2 Å². The number of aliphatic hydroxyl groups is 1. The quantitative estimate of drug-likeness (QED) is 0.216. The fourth-order valence-electron chi connectivity index (χ4n) is 6.68. The van der Waals surface area contributed by atoms with Crippen LogP contribution >= 0.6 is 0 Å². The molecule has 3 atom stereocenters. The number of hydrogen-bond acceptors (Lipinski definition) is 9. The van der Waals surface area contributed by atoms with Gasteiger partial charge in [0.05, 0.1) is 33.1 Å². The number of alkyl halides is 2. The topological polar surface area (TPSA) is 104 Å². The van der Waals surface area contributed by atoms with Crippen molar-refractivity contribution in [2.45, 2.75) is 50.4 Å². The van der Waals surface area contributed by atoms with E-state index in [0.717, 1.165) is 13.0 Å². The van der Waals surface area contributed by atoms with Crippen molar-refractivity contribution in [1.29, 1.82) is 0 Å². The molecule has 2 aromatic carbocycles. The first-order valence-electron chi connectivity index (χ1n) is 15.3. The Kier molecular flexibility index (Phi) is 10.5. The number of piperidine rings is 1. The number of phenols is 1. The van der Waals surface area contributed by atoms with Crippen molar-refractivity contribution in [3.05, 3.63) is 41.5 Å². The molecule has 4 aromatic rings. The van der Waals surface area contributed by atoms with E-state index in [9.17, 15) is 23.4 Å². The van der Waals surface area contributed by atoms with Gasteiger partial charge in [0, 0.05) is 36.6 Å². The predicted octanol–water partition coefficient (Wildman–Crippen LogP) is 5.57. The molecule has 7 rings (SSSR count). The lowest BCUT2D eigenvalue weighted by Gasteiger charge is -2.32. The number of aliphatic hydroxyl groups excluding tert-OH is 1. The third-order valence-corrected chi connectivity index (χ3v) is 8.70. The Labute approximate surface area is 270 Å². The molecule has 0 radical (unpaired) electrons. The van der Waals surface area contributed by atoms with Crippen LogP contribution in [0.4, 0.5) is 23.4 Å². The number of halogens is 4. The average Bonchev–Trinajstić information content (AvgIpc) is 3.66. The molecule has 5 heterocycles. The van der Waals surface area contributed by atoms with Gasteiger partial charge in [-0.1, -0.05) is 12.0 Å². The van der Waals surface area contributed by atoms with E-state index in [4.69, 9.17) is 15.9 Å². The van der Waals surface area contributed by atoms with Crippen LogP contribution in [0, 0.1) is 24.0 Å². The molecule has 2 aromatic heterocycles. The van der Waals surface area contributed by atoms with Gasteiger partial charge >= 0.3 is 6.01 Å². The number of methoxy groups -OCH3 is 2. The largest absolute Gasteiger partial charge is 0.508 e. The first-order valence-corrected chi connectivity index (χ1v) is 15.3. The van der Waals surface area contributed by atoms with E-state index in [-0.39, 0.29) is 57.3 Å². The summed E-state index contributed by atoms with van der Waals surface area (Å²) in [5.41, 5.74) is -0.407. The van der Waals surface area contributed by atoms with Gasteiger partial charge in [0.15, 0.2) is 5.82 Å². The molecule has 250 valence electrons. The standard InChI is InChI=1S/C26H22F2N4O4.C7H12FN.CH3F/c1-4-16-18(27)8-7-13-10-15(34)11-17(19(13)16)22-21(28)23-20(25(29-22)35-2)24(31-26(30-23)36-3)32-9-5-6-14(33)12-32;8-6-4-7-2-1-3-9(7)5-6;1-2/h1,7-8,10-11,14,33-34H,5-6,9,12H2,2-3H3;6-7H,1-5H2;1H3. The lowest BCUT2D eigenvalue weighted by Crippen LogP contribution is -2.39. The number of phenolic OH excluding ortho intramolecular Hbond substituents is 1. The fourth-order valence-corrected chi connectivity index (χ4v) is 6.68. The Morgan fingerprint density at radius 2 is 1.74 bits per heavy atom. The number of aromatic nitrogens is 3. The normalized spacial score (nSPS) is 20.6. The maximum Gasteiger partial charge on any atom is 0.318 e. The summed E-state index contributed by atoms with van der Waals surface area (Å²) in [6.07, 6.45) is 9.17. The molecule has 13 heteroatoms. The van der Waals surface area contributed by atoms with E-state index in [1.54, 1.807) is 4.90 Å². The predicted molar refractivity (Wildman–Crippen MR) is 171 cm³/mol. The van der Waals surface area contributed by atoms with Crippen LogP contribution in [0.25, 0.3) is 32.9 Å². The van der Waals surface area contributed by atoms with E-state index in [1.807, 2.05) is 0 Å². The highest BCUT2D eigenvalue weighted by Crippen LogP contribution is 2.42. The molecule has 2 N–H and O–H groups in total. The Bertz CT molecular complexity index is 1790. The summed E-state index contributed by atoms with van der Waals surface area (Å²) in [7, 11) is 3.23. The van der Waals surface area contributed by atoms with Gasteiger partial charge in [0.1, 0.15) is 40.2 Å². The minimum absolute atomic E-state index is 0.00858. The monoisotopic (exact) mass is 655 g/mol. The van der Waals surface area contributed by atoms with E-state index in [2.05, 4.69) is 25.8 Å². The van der Waals surface area contributed by atoms with Crippen molar-refractivity contribution in [2.24, 2.45) is 0 Å². The second kappa shape index (κ2) is 14.6. The number of anilines is 1. The van der Waals surface area contributed by atoms with Gasteiger partial charge in [0.2, 0.25) is 5.88 Å². The van der Waals surface area contributed by atoms with E-state index in [1.165, 1.54) is 51.3 Å². The second-order valence-corrected chi connectivity index (χ2v) is 11.6. The van der Waals surface area contributed by atoms with E-state index < -0.39 is 23.9 Å². The van der Waals surface area contributed by atoms with Crippen molar-refractivity contribution in [1.82, 2.24) is 19.9 Å². The molecular formula is C34H37F4N5O4. The van der Waals surface area contributed by atoms with Gasteiger partial charge in [-0.15, -0.1) is 6.42 Å². The summed E-state index contributed by atoms with van der Waals surface area (Å²) < 4.78 is 63.7. The molecule has 9 nitrogen and oxygen atoms in total. The molecule has 0 amide bonds. The van der Waals surface area contributed by atoms with Gasteiger partial charge in [-0.3, -0.25) is 9.29 Å². The zero-order chi connectivity index (χ0) is 33.8. The number of fused-ring (bicyclic) bond motifs is 3. The van der Waals surface area contributed by atoms with Crippen LogP contribution in [0.1, 0.15) is 37.7 Å². The number of ether oxygens (including phenoxy) is 2. The number of aromatic hydroxyl groups is 1. The van der Waals surface area contributed by atoms with Crippen LogP contribution in [0.15, 0.2) is 24.3 Å². The minimum atomic E-state index is -0.857. The second-order valence-electron chi connectivity index (χ2n) is 11.6. The number of β-amino-alcohol motifs (C(OH)–C–C–N with tert-alkyl or cyclic N) is 1. The molecule has 47 heavy (non-hydrogen) atoms. The van der Waals surface area contributed by atoms with Crippen molar-refractivity contribution in [2.75, 3.05) is 52.5 Å². The smallest absolute Gasteiger partial charge is 0.318 e. The fraction of sp³-hybridized carbons (Fsp3) is 0.441. The van der Waals surface area contributed by atoms with E-state index >= 15 is 4.39 Å². The van der Waals surface area contributed by atoms with Crippen LogP contribution in [0.3, 0.4) is 0 Å². The number of rotatable bonds is 4. The van der Waals surface area contributed by atoms with Crippen LogP contribution in [0.2, 0.25) is 0 Å². The van der Waals surface area contributed by atoms with Crippen LogP contribution in [0.5, 0.6) is 17.6 Å². The summed E-state index contributed by atoms with van der Waals surface area (Å²) in [6, 6.07) is 5.81. The highest BCUT2D eigenvalue weighted by molar-refractivity contribution is 6.04. The lowest BCUT2D eigenvalue weighted by atomic mass is 9.95. The number of hydrogen-bond donors (Lipinski definition) is 2. The Hall–Kier alpha value is -4.41. The Balaban J connectivity index is 0.000000333. The molecule has 0 spiro atoms. The van der Waals surface area contributed by atoms with Gasteiger partial charge in [-0.2, -0.15) is 9.97 Å². The molecule has 0 bridgehead atoms. The molecule has 3 unspecified atom stereocenters. The summed E-state index contributed by atoms with van der Waals surface area (Å²) in [5, 5.41) is 21.4. The molecule has 0 aliphatic carbocycles. The Morgan fingerprint density at radius 3 is 2.43 bits per heavy atom. The molecule has 3 aliphatic heterocycles. The SMILES string of the molecule is C#Cc1c(F)ccc2cc(O)cc(-c3nc(OC)c4c(N5CCCC(O)C5)nc(OC)nc4c3F)c12.CF.FC1CC2CCCN2C1. The zero-order valence-corrected chi connectivity index (χ0v) is 26.4. The third kappa shape index (κ3) is 6.71. The summed E-state index contributed by atoms with van der Waals surface area (Å²) in [4.78, 5) is 17.1. The first kappa shape index (κ1) is 33.9. The number of benzene rings is 2. The van der Waals surface area contributed by atoms with Crippen LogP contribution in [-0.2, 0) is 0 Å². The van der Waals surface area contributed by atoms with Crippen molar-refractivity contribution >= 4 is 27.5 Å². The zero-order valence-electron chi connectivity index (χ0n) is 26.4. The first-order chi connectivity index (χ1) is 22.7. The minimum Gasteiger partial charge on any atom is -0.508 e. The van der Waals surface area contributed by atoms with E-state index in [0.29, 0.717) is 50.4 Å². The van der Waals surface area contributed by atoms with Crippen molar-refractivity contribution < 1.29 is 37.2 Å². The van der Waals surface area contributed by atoms with Crippen molar-refractivity contribution in [3.8, 4) is 41.2 Å². The molecule has 0 saturated carbocycles. The molecule has 3 aliphatic rings. The summed E-state index contributed by atoms with van der Waals surface area (Å²) in [5.74, 6) is 0.921. The van der Waals surface area contributed by atoms with Crippen LogP contribution < -0.4 is 14.4 Å². The molecule has 3 saturated heterocycles. The molecule has 3 fully saturated rings. The van der Waals surface area contributed by atoms with Gasteiger partial charge in [-0.05, 0) is 62.2 Å². The third-order valence-electron chi connectivity index (χ3n) is 8.70. The van der Waals surface area contributed by atoms with Gasteiger partial charge in [0.25, 0.3) is 0 Å². The Morgan fingerprint density at radius 1 is 0.979 bits per heavy atom. The highest BCUT2D eigenvalue weighted by Gasteiger charge is 2.35. The number of pyridine rings is 1. The van der Waals surface area contributed by atoms with Gasteiger partial charge < -0.3 is 24.6 Å². The summed E-state index contributed by atoms with van der Waals surface area (Å²) >= 11 is 0. The maximum absolute atomic E-state index is 16.2. The molecular weight excluding hydrogens is 618 g/mol. The van der Waals surface area contributed by atoms with Crippen LogP contribution in [-0.4, -0.2) is 96.0 Å². The van der Waals surface area contributed by atoms with Crippen molar-refractivity contribution in [3.63, 3.8) is 0 Å². The number of nitrogens with zero attached hydrogens (tertiary/aromatic N) is 5. The average molecular weight is 656 g/mol. The highest BCUT2D eigenvalue weighted by atomic mass is 19.1. The maximum atomic E-state index is 16.2. The lowest BCUT2D eigenvalue weighted by molar-refractivity contribution is 0.154. The summed E-state index contributed by atoms with van der Waals surface area (Å²) in [6.45, 7) is 2.71. The number of terminal acetylenes is 1.